The lowest BCUT2D eigenvalue weighted by Gasteiger charge is -2.42. The molecule has 2 atom stereocenters. The lowest BCUT2D eigenvalue weighted by atomic mass is 9.83. The molecule has 1 aromatic carbocycles. The average molecular weight is 527 g/mol. The standard InChI is InChI=1S/C29H42N4O5/c1-19-18-32(27(35)25(20-10-8-7-9-11-20)30-28(36)38-29(2,3)4)14-15-33(19)26(34)24-16-21-12-13-22(37-6)17-23(21)31(24)5/h12-13,16-17,19-20,25H,7-11,14-15,18H2,1-6H3,(H,30,36)/t19-,25?/m0/s1. The molecule has 2 aliphatic rings. The van der Waals surface area contributed by atoms with E-state index in [0.29, 0.717) is 25.3 Å². The molecule has 1 unspecified atom stereocenters. The number of hydrogen-bond acceptors (Lipinski definition) is 5. The number of methoxy groups -OCH3 is 1. The Balaban J connectivity index is 1.47. The van der Waals surface area contributed by atoms with Crippen LogP contribution in [0.15, 0.2) is 24.3 Å². The molecule has 4 rings (SSSR count). The fourth-order valence-electron chi connectivity index (χ4n) is 5.73. The maximum atomic E-state index is 13.8. The van der Waals surface area contributed by atoms with Crippen LogP contribution in [0.25, 0.3) is 10.9 Å². The van der Waals surface area contributed by atoms with Crippen LogP contribution in [0.3, 0.4) is 0 Å². The van der Waals surface area contributed by atoms with E-state index in [0.717, 1.165) is 48.8 Å². The smallest absolute Gasteiger partial charge is 0.408 e. The molecule has 1 saturated carbocycles. The van der Waals surface area contributed by atoms with Crippen LogP contribution in [0.1, 0.15) is 70.3 Å². The van der Waals surface area contributed by atoms with Gasteiger partial charge in [0.1, 0.15) is 23.1 Å². The van der Waals surface area contributed by atoms with Gasteiger partial charge in [0.2, 0.25) is 5.91 Å². The largest absolute Gasteiger partial charge is 0.497 e. The monoisotopic (exact) mass is 526 g/mol. The van der Waals surface area contributed by atoms with Gasteiger partial charge in [-0.1, -0.05) is 19.3 Å². The quantitative estimate of drug-likeness (QED) is 0.626. The van der Waals surface area contributed by atoms with Crippen molar-refractivity contribution in [3.8, 4) is 5.75 Å². The molecule has 38 heavy (non-hydrogen) atoms. The van der Waals surface area contributed by atoms with Gasteiger partial charge in [-0.05, 0) is 64.7 Å². The second kappa shape index (κ2) is 11.3. The summed E-state index contributed by atoms with van der Waals surface area (Å²) in [6.45, 7) is 8.68. The van der Waals surface area contributed by atoms with Crippen molar-refractivity contribution in [3.63, 3.8) is 0 Å². The van der Waals surface area contributed by atoms with Crippen molar-refractivity contribution in [2.24, 2.45) is 13.0 Å². The lowest BCUT2D eigenvalue weighted by molar-refractivity contribution is -0.137. The number of aryl methyl sites for hydroxylation is 1. The number of nitrogens with zero attached hydrogens (tertiary/aromatic N) is 3. The molecule has 0 bridgehead atoms. The first kappa shape index (κ1) is 27.8. The molecule has 1 aliphatic heterocycles. The van der Waals surface area contributed by atoms with Crippen molar-refractivity contribution in [2.75, 3.05) is 26.7 Å². The minimum atomic E-state index is -0.641. The fraction of sp³-hybridized carbons (Fsp3) is 0.621. The zero-order valence-corrected chi connectivity index (χ0v) is 23.6. The summed E-state index contributed by atoms with van der Waals surface area (Å²) >= 11 is 0. The number of piperazine rings is 1. The maximum Gasteiger partial charge on any atom is 0.408 e. The Kier molecular flexibility index (Phi) is 8.23. The summed E-state index contributed by atoms with van der Waals surface area (Å²) in [5.74, 6) is 0.689. The van der Waals surface area contributed by atoms with Crippen molar-refractivity contribution < 1.29 is 23.9 Å². The normalized spacial score (nSPS) is 19.8. The molecule has 1 saturated heterocycles. The fourth-order valence-corrected chi connectivity index (χ4v) is 5.73. The Bertz CT molecular complexity index is 1180. The molecule has 1 aromatic heterocycles. The van der Waals surface area contributed by atoms with E-state index in [2.05, 4.69) is 5.32 Å². The first-order valence-electron chi connectivity index (χ1n) is 13.7. The Morgan fingerprint density at radius 3 is 2.39 bits per heavy atom. The van der Waals surface area contributed by atoms with Crippen molar-refractivity contribution in [2.45, 2.75) is 77.5 Å². The third kappa shape index (κ3) is 6.08. The molecule has 2 aromatic rings. The Labute approximate surface area is 225 Å². The lowest BCUT2D eigenvalue weighted by Crippen LogP contribution is -2.60. The Morgan fingerprint density at radius 1 is 1.05 bits per heavy atom. The van der Waals surface area contributed by atoms with Gasteiger partial charge in [0.25, 0.3) is 5.91 Å². The maximum absolute atomic E-state index is 13.8. The van der Waals surface area contributed by atoms with E-state index < -0.39 is 17.7 Å². The molecule has 2 fully saturated rings. The number of alkyl carbamates (subject to hydrolysis) is 1. The van der Waals surface area contributed by atoms with Crippen molar-refractivity contribution in [1.82, 2.24) is 19.7 Å². The van der Waals surface area contributed by atoms with Gasteiger partial charge < -0.3 is 29.2 Å². The van der Waals surface area contributed by atoms with Gasteiger partial charge in [0.05, 0.1) is 12.6 Å². The molecule has 3 amide bonds. The number of ether oxygens (including phenoxy) is 2. The second-order valence-corrected chi connectivity index (χ2v) is 11.7. The molecule has 2 heterocycles. The zero-order valence-electron chi connectivity index (χ0n) is 23.6. The van der Waals surface area contributed by atoms with Crippen LogP contribution < -0.4 is 10.1 Å². The number of amides is 3. The van der Waals surface area contributed by atoms with Crippen LogP contribution in [0.2, 0.25) is 0 Å². The number of benzene rings is 1. The van der Waals surface area contributed by atoms with Crippen LogP contribution in [-0.4, -0.2) is 76.7 Å². The number of carbonyl (C=O) groups is 3. The first-order chi connectivity index (χ1) is 18.0. The van der Waals surface area contributed by atoms with E-state index in [4.69, 9.17) is 9.47 Å². The van der Waals surface area contributed by atoms with E-state index in [1.807, 2.05) is 68.5 Å². The minimum absolute atomic E-state index is 0.0574. The Hall–Kier alpha value is -3.23. The molecule has 0 spiro atoms. The number of fused-ring (bicyclic) bond motifs is 1. The predicted octanol–water partition coefficient (Wildman–Crippen LogP) is 4.33. The highest BCUT2D eigenvalue weighted by Crippen LogP contribution is 2.29. The van der Waals surface area contributed by atoms with E-state index in [9.17, 15) is 14.4 Å². The highest BCUT2D eigenvalue weighted by atomic mass is 16.6. The summed E-state index contributed by atoms with van der Waals surface area (Å²) in [6, 6.07) is 6.89. The summed E-state index contributed by atoms with van der Waals surface area (Å²) in [5, 5.41) is 3.87. The second-order valence-electron chi connectivity index (χ2n) is 11.7. The first-order valence-corrected chi connectivity index (χ1v) is 13.7. The molecule has 1 aliphatic carbocycles. The summed E-state index contributed by atoms with van der Waals surface area (Å²) in [7, 11) is 3.51. The van der Waals surface area contributed by atoms with Crippen LogP contribution in [0.5, 0.6) is 5.75 Å². The third-order valence-corrected chi connectivity index (χ3v) is 7.73. The van der Waals surface area contributed by atoms with Crippen LogP contribution in [-0.2, 0) is 16.6 Å². The van der Waals surface area contributed by atoms with E-state index in [-0.39, 0.29) is 23.8 Å². The van der Waals surface area contributed by atoms with Gasteiger partial charge in [-0.2, -0.15) is 0 Å². The predicted molar refractivity (Wildman–Crippen MR) is 146 cm³/mol. The van der Waals surface area contributed by atoms with Gasteiger partial charge in [-0.25, -0.2) is 4.79 Å². The highest BCUT2D eigenvalue weighted by molar-refractivity contribution is 5.99. The third-order valence-electron chi connectivity index (χ3n) is 7.73. The number of rotatable bonds is 5. The molecular formula is C29H42N4O5. The highest BCUT2D eigenvalue weighted by Gasteiger charge is 2.38. The molecular weight excluding hydrogens is 484 g/mol. The topological polar surface area (TPSA) is 93.1 Å². The van der Waals surface area contributed by atoms with Gasteiger partial charge in [0.15, 0.2) is 0 Å². The van der Waals surface area contributed by atoms with E-state index in [1.54, 1.807) is 12.0 Å². The number of carbonyl (C=O) groups excluding carboxylic acids is 3. The van der Waals surface area contributed by atoms with Gasteiger partial charge in [0, 0.05) is 44.2 Å². The molecule has 9 heteroatoms. The van der Waals surface area contributed by atoms with Crippen LogP contribution >= 0.6 is 0 Å². The minimum Gasteiger partial charge on any atom is -0.497 e. The number of nitrogens with one attached hydrogen (secondary N) is 1. The van der Waals surface area contributed by atoms with Crippen molar-refractivity contribution >= 4 is 28.8 Å². The van der Waals surface area contributed by atoms with Gasteiger partial charge >= 0.3 is 6.09 Å². The summed E-state index contributed by atoms with van der Waals surface area (Å²) in [6.07, 6.45) is 4.52. The molecule has 208 valence electrons. The molecule has 1 N–H and O–H groups in total. The average Bonchev–Trinajstić information content (AvgIpc) is 3.21. The van der Waals surface area contributed by atoms with E-state index >= 15 is 0 Å². The number of aromatic nitrogens is 1. The summed E-state index contributed by atoms with van der Waals surface area (Å²) < 4.78 is 12.7. The number of hydrogen-bond donors (Lipinski definition) is 1. The summed E-state index contributed by atoms with van der Waals surface area (Å²) in [5.41, 5.74) is 0.890. The van der Waals surface area contributed by atoms with Crippen molar-refractivity contribution in [1.29, 1.82) is 0 Å². The summed E-state index contributed by atoms with van der Waals surface area (Å²) in [4.78, 5) is 43.6. The van der Waals surface area contributed by atoms with E-state index in [1.165, 1.54) is 0 Å². The van der Waals surface area contributed by atoms with Gasteiger partial charge in [-0.3, -0.25) is 9.59 Å². The zero-order chi connectivity index (χ0) is 27.6. The SMILES string of the molecule is COc1ccc2cc(C(=O)N3CCN(C(=O)C(NC(=O)OC(C)(C)C)C4CCCCC4)C[C@@H]3C)n(C)c2c1. The molecule has 9 nitrogen and oxygen atoms in total. The Morgan fingerprint density at radius 2 is 1.76 bits per heavy atom. The van der Waals surface area contributed by atoms with Crippen LogP contribution in [0.4, 0.5) is 4.79 Å². The van der Waals surface area contributed by atoms with Gasteiger partial charge in [-0.15, -0.1) is 0 Å². The molecule has 0 radical (unpaired) electrons. The van der Waals surface area contributed by atoms with Crippen LogP contribution in [0, 0.1) is 5.92 Å². The van der Waals surface area contributed by atoms with Crippen molar-refractivity contribution in [3.05, 3.63) is 30.0 Å².